The summed E-state index contributed by atoms with van der Waals surface area (Å²) in [7, 11) is 0. The molecule has 0 unspecified atom stereocenters. The summed E-state index contributed by atoms with van der Waals surface area (Å²) in [4.78, 5) is 27.3. The first-order valence-electron chi connectivity index (χ1n) is 21.6. The minimum atomic E-state index is -1.01. The van der Waals surface area contributed by atoms with Gasteiger partial charge in [-0.2, -0.15) is 0 Å². The molecule has 2 spiro atoms. The number of fused-ring (bicyclic) bond motifs is 2. The summed E-state index contributed by atoms with van der Waals surface area (Å²) in [6.07, 6.45) is 26.2. The fourth-order valence-electron chi connectivity index (χ4n) is 8.95. The summed E-state index contributed by atoms with van der Waals surface area (Å²) in [5, 5.41) is 13.7. The molecular formula is C50H67N3O7. The van der Waals surface area contributed by atoms with Gasteiger partial charge >= 0.3 is 0 Å². The van der Waals surface area contributed by atoms with Crippen molar-refractivity contribution in [3.63, 3.8) is 0 Å². The van der Waals surface area contributed by atoms with Gasteiger partial charge in [0.25, 0.3) is 0 Å². The number of ether oxygens (including phenoxy) is 4. The fourth-order valence-corrected chi connectivity index (χ4v) is 8.95. The SMILES string of the molecule is CC(C)=CCC/C(C)=C/[C@H]1CC(C)=C[C@@]2(C=C(CN=[N+]=[N-])[C@@H]3CC(=O)C(C)=C[C@@H]3O2)O1.CC(C)=CCC/C(C)=C/[C@H]1CC(C)=C[C@@]2(C=C(CO)[C@@H]3CC(=O)C(C)=C[C@@H]3O2)O1. The number of aliphatic hydroxyl groups is 1. The van der Waals surface area contributed by atoms with E-state index in [2.05, 4.69) is 89.7 Å². The lowest BCUT2D eigenvalue weighted by atomic mass is 9.78. The predicted octanol–water partition coefficient (Wildman–Crippen LogP) is 11.2. The van der Waals surface area contributed by atoms with Crippen LogP contribution in [-0.2, 0) is 28.5 Å². The lowest BCUT2D eigenvalue weighted by molar-refractivity contribution is -0.225. The number of rotatable bonds is 11. The molecular weight excluding hydrogens is 755 g/mol. The highest BCUT2D eigenvalue weighted by molar-refractivity contribution is 5.96. The maximum atomic E-state index is 12.3. The molecule has 0 bridgehead atoms. The molecule has 4 aliphatic heterocycles. The Labute approximate surface area is 357 Å². The smallest absolute Gasteiger partial charge is 0.209 e. The Morgan fingerprint density at radius 1 is 0.700 bits per heavy atom. The van der Waals surface area contributed by atoms with Crippen molar-refractivity contribution in [3.05, 3.63) is 127 Å². The first kappa shape index (κ1) is 46.9. The number of hydrogen-bond acceptors (Lipinski definition) is 8. The first-order valence-corrected chi connectivity index (χ1v) is 21.6. The number of aliphatic hydroxyl groups excluding tert-OH is 1. The second-order valence-corrected chi connectivity index (χ2v) is 18.1. The molecule has 4 heterocycles. The molecule has 2 aliphatic carbocycles. The topological polar surface area (TPSA) is 140 Å². The van der Waals surface area contributed by atoms with Crippen LogP contribution >= 0.6 is 0 Å². The van der Waals surface area contributed by atoms with E-state index in [0.717, 1.165) is 55.2 Å². The van der Waals surface area contributed by atoms with Gasteiger partial charge in [0.05, 0.1) is 31.0 Å². The number of nitrogens with zero attached hydrogens (tertiary/aromatic N) is 3. The minimum absolute atomic E-state index is 0.0743. The quantitative estimate of drug-likeness (QED) is 0.0947. The number of allylic oxidation sites excluding steroid dienone is 8. The molecule has 10 heteroatoms. The van der Waals surface area contributed by atoms with Crippen molar-refractivity contribution in [2.75, 3.05) is 13.2 Å². The van der Waals surface area contributed by atoms with Gasteiger partial charge in [-0.3, -0.25) is 9.59 Å². The third-order valence-corrected chi connectivity index (χ3v) is 11.9. The molecule has 0 aromatic rings. The van der Waals surface area contributed by atoms with E-state index in [0.29, 0.717) is 18.4 Å². The van der Waals surface area contributed by atoms with Crippen LogP contribution < -0.4 is 0 Å². The van der Waals surface area contributed by atoms with E-state index in [1.807, 2.05) is 50.3 Å². The molecule has 0 radical (unpaired) electrons. The van der Waals surface area contributed by atoms with Gasteiger partial charge in [0.1, 0.15) is 0 Å². The Morgan fingerprint density at radius 3 is 1.55 bits per heavy atom. The molecule has 0 amide bonds. The fraction of sp³-hybridized carbons (Fsp3) is 0.560. The van der Waals surface area contributed by atoms with E-state index in [9.17, 15) is 14.7 Å². The Morgan fingerprint density at radius 2 is 1.13 bits per heavy atom. The van der Waals surface area contributed by atoms with Crippen LogP contribution in [0.15, 0.2) is 122 Å². The van der Waals surface area contributed by atoms with Crippen molar-refractivity contribution < 1.29 is 33.6 Å². The average Bonchev–Trinajstić information content (AvgIpc) is 3.14. The Balaban J connectivity index is 0.000000228. The summed E-state index contributed by atoms with van der Waals surface area (Å²) in [5.74, 6) is -2.00. The molecule has 0 aromatic carbocycles. The van der Waals surface area contributed by atoms with E-state index < -0.39 is 11.6 Å². The minimum Gasteiger partial charge on any atom is -0.392 e. The number of carbonyl (C=O) groups is 2. The molecule has 0 saturated heterocycles. The molecule has 0 aromatic heterocycles. The van der Waals surface area contributed by atoms with Gasteiger partial charge in [-0.25, -0.2) is 0 Å². The predicted molar refractivity (Wildman–Crippen MR) is 238 cm³/mol. The van der Waals surface area contributed by atoms with Crippen LogP contribution in [0, 0.1) is 11.8 Å². The lowest BCUT2D eigenvalue weighted by Crippen LogP contribution is -2.49. The van der Waals surface area contributed by atoms with Crippen molar-refractivity contribution >= 4 is 11.6 Å². The zero-order valence-corrected chi connectivity index (χ0v) is 37.5. The summed E-state index contributed by atoms with van der Waals surface area (Å²) in [6, 6.07) is 0. The highest BCUT2D eigenvalue weighted by Gasteiger charge is 2.47. The van der Waals surface area contributed by atoms with Gasteiger partial charge in [-0.15, -0.1) is 0 Å². The lowest BCUT2D eigenvalue weighted by Gasteiger charge is -2.45. The Bertz CT molecular complexity index is 2030. The van der Waals surface area contributed by atoms with E-state index in [4.69, 9.17) is 24.5 Å². The van der Waals surface area contributed by atoms with Crippen LogP contribution in [0.2, 0.25) is 0 Å². The normalized spacial score (nSPS) is 31.4. The molecule has 60 heavy (non-hydrogen) atoms. The average molecular weight is 822 g/mol. The highest BCUT2D eigenvalue weighted by atomic mass is 16.7. The third kappa shape index (κ3) is 12.5. The monoisotopic (exact) mass is 821 g/mol. The Kier molecular flexibility index (Phi) is 16.1. The third-order valence-electron chi connectivity index (χ3n) is 11.9. The summed E-state index contributed by atoms with van der Waals surface area (Å²) in [5.41, 5.74) is 19.7. The van der Waals surface area contributed by atoms with Gasteiger partial charge < -0.3 is 24.1 Å². The largest absolute Gasteiger partial charge is 0.392 e. The van der Waals surface area contributed by atoms with E-state index in [-0.39, 0.29) is 61.0 Å². The van der Waals surface area contributed by atoms with Crippen LogP contribution in [0.3, 0.4) is 0 Å². The van der Waals surface area contributed by atoms with E-state index in [1.54, 1.807) is 0 Å². The van der Waals surface area contributed by atoms with Crippen LogP contribution in [0.1, 0.15) is 121 Å². The number of carbonyl (C=O) groups excluding carboxylic acids is 2. The summed E-state index contributed by atoms with van der Waals surface area (Å²) in [6.45, 7) is 20.7. The summed E-state index contributed by atoms with van der Waals surface area (Å²) < 4.78 is 25.8. The van der Waals surface area contributed by atoms with Gasteiger partial charge in [0.2, 0.25) is 11.6 Å². The molecule has 0 saturated carbocycles. The van der Waals surface area contributed by atoms with E-state index >= 15 is 0 Å². The zero-order chi connectivity index (χ0) is 43.8. The van der Waals surface area contributed by atoms with Gasteiger partial charge in [-0.1, -0.05) is 68.4 Å². The van der Waals surface area contributed by atoms with Crippen molar-refractivity contribution in [3.8, 4) is 0 Å². The number of hydrogen-bond donors (Lipinski definition) is 1. The number of ketones is 2. The number of azide groups is 1. The highest BCUT2D eigenvalue weighted by Crippen LogP contribution is 2.44. The first-order chi connectivity index (χ1) is 28.4. The molecule has 6 aliphatic rings. The zero-order valence-electron chi connectivity index (χ0n) is 37.5. The van der Waals surface area contributed by atoms with Crippen molar-refractivity contribution in [1.82, 2.24) is 0 Å². The van der Waals surface area contributed by atoms with E-state index in [1.165, 1.54) is 33.4 Å². The summed E-state index contributed by atoms with van der Waals surface area (Å²) >= 11 is 0. The molecule has 6 rings (SSSR count). The van der Waals surface area contributed by atoms with Gasteiger partial charge in [0.15, 0.2) is 11.6 Å². The Hall–Kier alpha value is -4.15. The van der Waals surface area contributed by atoms with Crippen LogP contribution in [-0.4, -0.2) is 65.8 Å². The molecule has 1 N–H and O–H groups in total. The van der Waals surface area contributed by atoms with Gasteiger partial charge in [-0.05, 0) is 166 Å². The maximum absolute atomic E-state index is 12.3. The standard InChI is InChI=1S/C25H33N3O3.C25H34O4/c1-16(2)7-6-8-17(3)9-21-10-18(4)13-25(30-21)14-20(15-27-28-26)22-12-23(29)19(5)11-24(22)31-25;1-16(2)7-6-8-17(3)9-21-10-18(4)13-25(28-21)14-20(15-26)22-12-23(27)19(5)11-24(22)29-25/h7,9,11,13-14,21-22,24H,6,8,10,12,15H2,1-5H3;7,9,11,13-14,21-22,24,26H,6,8,10,12,15H2,1-5H3/b2*17-9+/t2*21-,22-,24-,25+/m00/s1. The van der Waals surface area contributed by atoms with Crippen LogP contribution in [0.5, 0.6) is 0 Å². The second-order valence-electron chi connectivity index (χ2n) is 18.1. The number of Topliss-reactive ketones (excluding diaryl/α,β-unsaturated/α-hetero) is 2. The second kappa shape index (κ2) is 20.6. The molecule has 0 fully saturated rings. The van der Waals surface area contributed by atoms with Crippen molar-refractivity contribution in [1.29, 1.82) is 0 Å². The molecule has 10 nitrogen and oxygen atoms in total. The van der Waals surface area contributed by atoms with Crippen molar-refractivity contribution in [2.24, 2.45) is 17.0 Å². The van der Waals surface area contributed by atoms with Crippen LogP contribution in [0.25, 0.3) is 10.4 Å². The molecule has 324 valence electrons. The van der Waals surface area contributed by atoms with Gasteiger partial charge in [0, 0.05) is 36.1 Å². The van der Waals surface area contributed by atoms with Crippen molar-refractivity contribution in [2.45, 2.75) is 157 Å². The van der Waals surface area contributed by atoms with Crippen LogP contribution in [0.4, 0.5) is 0 Å². The molecule has 8 atom stereocenters. The maximum Gasteiger partial charge on any atom is 0.209 e.